The molecule has 226 valence electrons. The molecule has 3 rings (SSSR count). The molecule has 0 radical (unpaired) electrons. The normalized spacial score (nSPS) is 15.7. The van der Waals surface area contributed by atoms with E-state index in [4.69, 9.17) is 9.72 Å². The Morgan fingerprint density at radius 1 is 1.17 bits per heavy atom. The van der Waals surface area contributed by atoms with E-state index in [0.717, 1.165) is 41.2 Å². The first-order valence-corrected chi connectivity index (χ1v) is 15.9. The predicted octanol–water partition coefficient (Wildman–Crippen LogP) is 4.87. The van der Waals surface area contributed by atoms with Crippen LogP contribution in [0.1, 0.15) is 76.3 Å². The van der Waals surface area contributed by atoms with Crippen LogP contribution in [-0.4, -0.2) is 73.4 Å². The van der Waals surface area contributed by atoms with Crippen LogP contribution in [0.2, 0.25) is 0 Å². The number of thiazole rings is 1. The average molecular weight is 585 g/mol. The van der Waals surface area contributed by atoms with E-state index in [9.17, 15) is 14.4 Å². The molecule has 0 aliphatic carbocycles. The molecule has 2 aromatic rings. The fraction of sp³-hybridized carbons (Fsp3) is 0.625. The molecule has 1 aliphatic rings. The molecule has 0 bridgehead atoms. The second-order valence-electron chi connectivity index (χ2n) is 11.4. The Morgan fingerprint density at radius 3 is 2.51 bits per heavy atom. The van der Waals surface area contributed by atoms with E-state index in [1.54, 1.807) is 18.4 Å². The zero-order valence-electron chi connectivity index (χ0n) is 25.5. The smallest absolute Gasteiger partial charge is 0.224 e. The van der Waals surface area contributed by atoms with Crippen molar-refractivity contribution in [2.24, 2.45) is 11.8 Å². The van der Waals surface area contributed by atoms with Crippen molar-refractivity contribution in [1.82, 2.24) is 20.5 Å². The number of nitrogens with one attached hydrogen (secondary N) is 2. The summed E-state index contributed by atoms with van der Waals surface area (Å²) in [7, 11) is 1.59. The minimum absolute atomic E-state index is 0.0420. The predicted molar refractivity (Wildman–Crippen MR) is 166 cm³/mol. The number of fused-ring (bicyclic) bond motifs is 1. The lowest BCUT2D eigenvalue weighted by molar-refractivity contribution is -0.131. The Hall–Kier alpha value is -2.62. The number of hydrogen-bond acceptors (Lipinski definition) is 7. The van der Waals surface area contributed by atoms with E-state index in [1.807, 2.05) is 6.07 Å². The Kier molecular flexibility index (Phi) is 12.9. The summed E-state index contributed by atoms with van der Waals surface area (Å²) in [4.78, 5) is 46.1. The topological polar surface area (TPSA) is 101 Å². The van der Waals surface area contributed by atoms with Crippen molar-refractivity contribution in [2.75, 3.05) is 39.9 Å². The Bertz CT molecular complexity index is 1180. The third kappa shape index (κ3) is 9.72. The summed E-state index contributed by atoms with van der Waals surface area (Å²) in [5.74, 6) is -0.231. The summed E-state index contributed by atoms with van der Waals surface area (Å²) in [6.45, 7) is 16.1. The van der Waals surface area contributed by atoms with E-state index in [1.165, 1.54) is 5.56 Å². The lowest BCUT2D eigenvalue weighted by Crippen LogP contribution is -2.46. The Morgan fingerprint density at radius 2 is 1.88 bits per heavy atom. The van der Waals surface area contributed by atoms with Gasteiger partial charge in [0.05, 0.1) is 21.1 Å². The fourth-order valence-corrected chi connectivity index (χ4v) is 6.44. The van der Waals surface area contributed by atoms with E-state index in [-0.39, 0.29) is 36.0 Å². The molecule has 8 nitrogen and oxygen atoms in total. The van der Waals surface area contributed by atoms with Crippen LogP contribution in [0.5, 0.6) is 0 Å². The zero-order chi connectivity index (χ0) is 29.9. The van der Waals surface area contributed by atoms with Gasteiger partial charge in [-0.2, -0.15) is 0 Å². The van der Waals surface area contributed by atoms with Gasteiger partial charge in [0.2, 0.25) is 11.8 Å². The van der Waals surface area contributed by atoms with Gasteiger partial charge < -0.3 is 15.4 Å². The minimum atomic E-state index is -0.559. The van der Waals surface area contributed by atoms with Crippen molar-refractivity contribution in [3.8, 4) is 0 Å². The molecule has 1 fully saturated rings. The van der Waals surface area contributed by atoms with Crippen LogP contribution in [0.4, 0.5) is 0 Å². The highest BCUT2D eigenvalue weighted by Crippen LogP contribution is 2.29. The van der Waals surface area contributed by atoms with Crippen LogP contribution in [0.25, 0.3) is 10.2 Å². The maximum Gasteiger partial charge on any atom is 0.224 e. The summed E-state index contributed by atoms with van der Waals surface area (Å²) in [6, 6.07) is 6.13. The van der Waals surface area contributed by atoms with Gasteiger partial charge >= 0.3 is 0 Å². The molecule has 2 heterocycles. The Balaban J connectivity index is 1.74. The summed E-state index contributed by atoms with van der Waals surface area (Å²) in [6.07, 6.45) is 2.99. The van der Waals surface area contributed by atoms with Crippen LogP contribution >= 0.6 is 11.3 Å². The Labute approximate surface area is 249 Å². The molecular formula is C32H48N4O4S. The summed E-state index contributed by atoms with van der Waals surface area (Å²) >= 11 is 1.58. The highest BCUT2D eigenvalue weighted by Gasteiger charge is 2.30. The summed E-state index contributed by atoms with van der Waals surface area (Å²) < 4.78 is 6.67. The van der Waals surface area contributed by atoms with Crippen LogP contribution in [0, 0.1) is 11.8 Å². The van der Waals surface area contributed by atoms with Crippen molar-refractivity contribution in [3.63, 3.8) is 0 Å². The van der Waals surface area contributed by atoms with Gasteiger partial charge in [-0.3, -0.25) is 19.3 Å². The van der Waals surface area contributed by atoms with Gasteiger partial charge in [0.15, 0.2) is 5.78 Å². The number of amides is 2. The van der Waals surface area contributed by atoms with Crippen LogP contribution in [0.3, 0.4) is 0 Å². The van der Waals surface area contributed by atoms with E-state index in [2.05, 4.69) is 61.9 Å². The number of aromatic nitrogens is 1. The average Bonchev–Trinajstić information content (AvgIpc) is 3.39. The molecule has 1 aliphatic heterocycles. The molecule has 2 amide bonds. The number of carbonyl (C=O) groups is 3. The van der Waals surface area contributed by atoms with Gasteiger partial charge in [-0.25, -0.2) is 4.98 Å². The fourth-order valence-electron chi connectivity index (χ4n) is 5.34. The number of likely N-dealkylation sites (N-methyl/N-ethyl adjacent to an activating group) is 1. The number of rotatable bonds is 16. The van der Waals surface area contributed by atoms with Crippen molar-refractivity contribution in [2.45, 2.75) is 78.2 Å². The number of carbonyl (C=O) groups excluding carboxylic acids is 3. The van der Waals surface area contributed by atoms with Gasteiger partial charge in [-0.15, -0.1) is 11.3 Å². The lowest BCUT2D eigenvalue weighted by Gasteiger charge is -2.32. The number of Topliss-reactive ketones (excluding diaryl/α,β-unsaturated/α-hetero) is 1. The summed E-state index contributed by atoms with van der Waals surface area (Å²) in [5.41, 5.74) is 2.78. The van der Waals surface area contributed by atoms with Crippen LogP contribution < -0.4 is 10.6 Å². The van der Waals surface area contributed by atoms with Crippen molar-refractivity contribution in [1.29, 1.82) is 0 Å². The molecular weight excluding hydrogens is 536 g/mol. The molecule has 1 aromatic carbocycles. The van der Waals surface area contributed by atoms with Gasteiger partial charge in [0, 0.05) is 57.7 Å². The standard InChI is InChI=1S/C32H48N4O4S/c1-7-36(8-2)20-22(5)28(37)12-11-26(23-13-15-40-16-14-23)35-32(39)25(18-30(38)33-6)19-31-34-27-10-9-24(21(3)4)17-29(27)41-31/h9-10,17,21,23,25-26H,5,7-8,11-16,18-20H2,1-4,6H3,(H,33,38)(H,35,39)/t25-,26+/m0/s1. The first-order valence-electron chi connectivity index (χ1n) is 15.1. The van der Waals surface area contributed by atoms with E-state index < -0.39 is 5.92 Å². The third-order valence-corrected chi connectivity index (χ3v) is 9.21. The lowest BCUT2D eigenvalue weighted by atomic mass is 9.87. The highest BCUT2D eigenvalue weighted by molar-refractivity contribution is 7.18. The maximum absolute atomic E-state index is 13.8. The minimum Gasteiger partial charge on any atom is -0.381 e. The molecule has 0 spiro atoms. The largest absolute Gasteiger partial charge is 0.381 e. The van der Waals surface area contributed by atoms with Crippen molar-refractivity contribution in [3.05, 3.63) is 40.9 Å². The van der Waals surface area contributed by atoms with Gasteiger partial charge in [-0.1, -0.05) is 40.3 Å². The number of nitrogens with zero attached hydrogens (tertiary/aromatic N) is 2. The van der Waals surface area contributed by atoms with Gasteiger partial charge in [0.25, 0.3) is 0 Å². The SMILES string of the molecule is C=C(CN(CC)CC)C(=O)CC[C@@H](NC(=O)[C@@H](CC(=O)NC)Cc1nc2ccc(C(C)C)cc2s1)C1CCOCC1. The van der Waals surface area contributed by atoms with Crippen LogP contribution in [-0.2, 0) is 25.5 Å². The van der Waals surface area contributed by atoms with Crippen molar-refractivity contribution < 1.29 is 19.1 Å². The maximum atomic E-state index is 13.8. The second kappa shape index (κ2) is 16.1. The number of benzene rings is 1. The quantitative estimate of drug-likeness (QED) is 0.273. The van der Waals surface area contributed by atoms with Crippen LogP contribution in [0.15, 0.2) is 30.4 Å². The number of hydrogen-bond donors (Lipinski definition) is 2. The van der Waals surface area contributed by atoms with Gasteiger partial charge in [0.1, 0.15) is 0 Å². The number of ether oxygens (including phenoxy) is 1. The molecule has 9 heteroatoms. The zero-order valence-corrected chi connectivity index (χ0v) is 26.3. The third-order valence-electron chi connectivity index (χ3n) is 8.17. The first kappa shape index (κ1) is 32.9. The molecule has 41 heavy (non-hydrogen) atoms. The molecule has 2 N–H and O–H groups in total. The second-order valence-corrected chi connectivity index (χ2v) is 12.5. The molecule has 0 saturated carbocycles. The molecule has 2 atom stereocenters. The van der Waals surface area contributed by atoms with Gasteiger partial charge in [-0.05, 0) is 61.9 Å². The van der Waals surface area contributed by atoms with Crippen molar-refractivity contribution >= 4 is 39.2 Å². The highest BCUT2D eigenvalue weighted by atomic mass is 32.1. The summed E-state index contributed by atoms with van der Waals surface area (Å²) in [5, 5.41) is 6.77. The van der Waals surface area contributed by atoms with E-state index in [0.29, 0.717) is 50.5 Å². The first-order chi connectivity index (χ1) is 19.6. The number of ketones is 1. The molecule has 1 saturated heterocycles. The molecule has 1 aromatic heterocycles. The monoisotopic (exact) mass is 584 g/mol. The molecule has 0 unspecified atom stereocenters. The van der Waals surface area contributed by atoms with E-state index >= 15 is 0 Å².